The molecule has 1 atom stereocenters. The van der Waals surface area contributed by atoms with E-state index in [0.717, 1.165) is 14.9 Å². The number of imide groups is 1. The van der Waals surface area contributed by atoms with Gasteiger partial charge in [-0.25, -0.2) is 10.3 Å². The van der Waals surface area contributed by atoms with Crippen LogP contribution in [-0.2, 0) is 20.8 Å². The van der Waals surface area contributed by atoms with Crippen LogP contribution in [0.3, 0.4) is 0 Å². The van der Waals surface area contributed by atoms with Gasteiger partial charge in [0, 0.05) is 4.47 Å². The summed E-state index contributed by atoms with van der Waals surface area (Å²) in [5, 5.41) is 0. The number of benzene rings is 2. The maximum atomic E-state index is 12.5. The van der Waals surface area contributed by atoms with Gasteiger partial charge in [-0.1, -0.05) is 46.3 Å². The number of carbonyl (C=O) groups excluding carboxylic acids is 3. The molecule has 3 amide bonds. The number of nitrogens with zero attached hydrogens (tertiary/aromatic N) is 1. The summed E-state index contributed by atoms with van der Waals surface area (Å²) in [5.74, 6) is -0.956. The highest BCUT2D eigenvalue weighted by Crippen LogP contribution is 2.24. The fraction of sp³-hybridized carbons (Fsp3) is 0.167. The van der Waals surface area contributed by atoms with E-state index in [1.807, 2.05) is 30.3 Å². The lowest BCUT2D eigenvalue weighted by Gasteiger charge is -2.16. The van der Waals surface area contributed by atoms with Crippen LogP contribution in [0.2, 0.25) is 0 Å². The smallest absolute Gasteiger partial charge is 0.253 e. The highest BCUT2D eigenvalue weighted by Gasteiger charge is 2.39. The standard InChI is InChI=1S/C18H16BrN3O3/c19-13-6-8-14(9-7-13)22-17(24)11-15(18(22)25)20-21-16(23)10-12-4-2-1-3-5-12/h1-9,15,20H,10-11H2,(H,21,23)/t15-/m0/s1. The summed E-state index contributed by atoms with van der Waals surface area (Å²) in [7, 11) is 0. The van der Waals surface area contributed by atoms with E-state index in [0.29, 0.717) is 5.69 Å². The molecule has 0 unspecified atom stereocenters. The minimum absolute atomic E-state index is 0.000510. The SMILES string of the molecule is O=C(Cc1ccccc1)NN[C@H]1CC(=O)N(c2ccc(Br)cc2)C1=O. The Morgan fingerprint density at radius 1 is 1.08 bits per heavy atom. The minimum Gasteiger partial charge on any atom is -0.291 e. The minimum atomic E-state index is -0.768. The predicted molar refractivity (Wildman–Crippen MR) is 96.5 cm³/mol. The topological polar surface area (TPSA) is 78.5 Å². The van der Waals surface area contributed by atoms with Crippen molar-refractivity contribution in [1.82, 2.24) is 10.9 Å². The van der Waals surface area contributed by atoms with Crippen LogP contribution in [0, 0.1) is 0 Å². The van der Waals surface area contributed by atoms with E-state index in [1.165, 1.54) is 0 Å². The van der Waals surface area contributed by atoms with Gasteiger partial charge in [-0.3, -0.25) is 19.8 Å². The molecule has 0 bridgehead atoms. The Balaban J connectivity index is 1.59. The molecule has 2 N–H and O–H groups in total. The molecular formula is C18H16BrN3O3. The van der Waals surface area contributed by atoms with Crippen molar-refractivity contribution < 1.29 is 14.4 Å². The third-order valence-corrected chi connectivity index (χ3v) is 4.35. The normalized spacial score (nSPS) is 17.0. The average Bonchev–Trinajstić information content (AvgIpc) is 2.89. The van der Waals surface area contributed by atoms with E-state index in [2.05, 4.69) is 26.8 Å². The summed E-state index contributed by atoms with van der Waals surface area (Å²) in [6.07, 6.45) is 0.194. The molecule has 128 valence electrons. The molecule has 2 aromatic carbocycles. The van der Waals surface area contributed by atoms with Crippen molar-refractivity contribution >= 4 is 39.3 Å². The van der Waals surface area contributed by atoms with E-state index in [9.17, 15) is 14.4 Å². The van der Waals surface area contributed by atoms with Gasteiger partial charge in [0.15, 0.2) is 0 Å². The number of anilines is 1. The number of hydrogen-bond acceptors (Lipinski definition) is 4. The van der Waals surface area contributed by atoms with Crippen LogP contribution in [-0.4, -0.2) is 23.8 Å². The predicted octanol–water partition coefficient (Wildman–Crippen LogP) is 1.94. The van der Waals surface area contributed by atoms with Gasteiger partial charge < -0.3 is 0 Å². The van der Waals surface area contributed by atoms with E-state index < -0.39 is 6.04 Å². The highest BCUT2D eigenvalue weighted by atomic mass is 79.9. The van der Waals surface area contributed by atoms with Crippen LogP contribution in [0.25, 0.3) is 0 Å². The van der Waals surface area contributed by atoms with E-state index in [1.54, 1.807) is 24.3 Å². The van der Waals surface area contributed by atoms with Crippen LogP contribution in [0.4, 0.5) is 5.69 Å². The number of rotatable bonds is 5. The van der Waals surface area contributed by atoms with Gasteiger partial charge in [0.1, 0.15) is 6.04 Å². The molecule has 6 nitrogen and oxygen atoms in total. The summed E-state index contributed by atoms with van der Waals surface area (Å²) >= 11 is 3.32. The summed E-state index contributed by atoms with van der Waals surface area (Å²) in [6, 6.07) is 15.4. The quantitative estimate of drug-likeness (QED) is 0.592. The van der Waals surface area contributed by atoms with Gasteiger partial charge in [0.25, 0.3) is 5.91 Å². The van der Waals surface area contributed by atoms with Crippen molar-refractivity contribution in [3.8, 4) is 0 Å². The second-order valence-corrected chi connectivity index (χ2v) is 6.57. The molecule has 0 aromatic heterocycles. The van der Waals surface area contributed by atoms with E-state index in [4.69, 9.17) is 0 Å². The summed E-state index contributed by atoms with van der Waals surface area (Å²) in [4.78, 5) is 37.7. The first kappa shape index (κ1) is 17.3. The maximum absolute atomic E-state index is 12.5. The fourth-order valence-electron chi connectivity index (χ4n) is 2.60. The molecule has 2 aromatic rings. The van der Waals surface area contributed by atoms with Crippen molar-refractivity contribution in [1.29, 1.82) is 0 Å². The second-order valence-electron chi connectivity index (χ2n) is 5.66. The Bertz CT molecular complexity index is 793. The van der Waals surface area contributed by atoms with Crippen molar-refractivity contribution in [3.05, 3.63) is 64.6 Å². The summed E-state index contributed by atoms with van der Waals surface area (Å²) in [6.45, 7) is 0. The second kappa shape index (κ2) is 7.58. The van der Waals surface area contributed by atoms with Gasteiger partial charge in [0.2, 0.25) is 11.8 Å². The Morgan fingerprint density at radius 3 is 2.44 bits per heavy atom. The van der Waals surface area contributed by atoms with E-state index in [-0.39, 0.29) is 30.6 Å². The molecule has 1 aliphatic heterocycles. The average molecular weight is 402 g/mol. The zero-order chi connectivity index (χ0) is 17.8. The third kappa shape index (κ3) is 4.12. The number of halogens is 1. The largest absolute Gasteiger partial charge is 0.291 e. The van der Waals surface area contributed by atoms with Crippen LogP contribution in [0.1, 0.15) is 12.0 Å². The molecule has 0 aliphatic carbocycles. The van der Waals surface area contributed by atoms with Crippen LogP contribution in [0.5, 0.6) is 0 Å². The molecule has 3 rings (SSSR count). The fourth-order valence-corrected chi connectivity index (χ4v) is 2.86. The Morgan fingerprint density at radius 2 is 1.76 bits per heavy atom. The number of hydrogen-bond donors (Lipinski definition) is 2. The molecule has 7 heteroatoms. The van der Waals surface area contributed by atoms with Crippen LogP contribution >= 0.6 is 15.9 Å². The Hall–Kier alpha value is -2.51. The molecule has 1 aliphatic rings. The van der Waals surface area contributed by atoms with Gasteiger partial charge in [-0.2, -0.15) is 0 Å². The highest BCUT2D eigenvalue weighted by molar-refractivity contribution is 9.10. The molecule has 1 fully saturated rings. The van der Waals surface area contributed by atoms with Crippen molar-refractivity contribution in [2.75, 3.05) is 4.90 Å². The van der Waals surface area contributed by atoms with Crippen molar-refractivity contribution in [3.63, 3.8) is 0 Å². The van der Waals surface area contributed by atoms with Crippen LogP contribution in [0.15, 0.2) is 59.1 Å². The molecule has 0 radical (unpaired) electrons. The van der Waals surface area contributed by atoms with Gasteiger partial charge in [-0.05, 0) is 29.8 Å². The van der Waals surface area contributed by atoms with Crippen molar-refractivity contribution in [2.45, 2.75) is 18.9 Å². The molecule has 25 heavy (non-hydrogen) atoms. The first-order valence-electron chi connectivity index (χ1n) is 7.75. The third-order valence-electron chi connectivity index (χ3n) is 3.82. The monoisotopic (exact) mass is 401 g/mol. The molecular weight excluding hydrogens is 386 g/mol. The lowest BCUT2D eigenvalue weighted by molar-refractivity contribution is -0.122. The zero-order valence-corrected chi connectivity index (χ0v) is 14.8. The first-order valence-corrected chi connectivity index (χ1v) is 8.54. The number of nitrogens with one attached hydrogen (secondary N) is 2. The molecule has 0 spiro atoms. The maximum Gasteiger partial charge on any atom is 0.253 e. The van der Waals surface area contributed by atoms with Crippen molar-refractivity contribution in [2.24, 2.45) is 0 Å². The Labute approximate surface area is 153 Å². The Kier molecular flexibility index (Phi) is 5.25. The zero-order valence-electron chi connectivity index (χ0n) is 13.2. The first-order chi connectivity index (χ1) is 12.0. The lowest BCUT2D eigenvalue weighted by Crippen LogP contribution is -2.48. The molecule has 1 heterocycles. The van der Waals surface area contributed by atoms with Gasteiger partial charge in [0.05, 0.1) is 18.5 Å². The summed E-state index contributed by atoms with van der Waals surface area (Å²) < 4.78 is 0.859. The lowest BCUT2D eigenvalue weighted by atomic mass is 10.1. The van der Waals surface area contributed by atoms with Gasteiger partial charge in [-0.15, -0.1) is 0 Å². The van der Waals surface area contributed by atoms with Crippen LogP contribution < -0.4 is 15.8 Å². The van der Waals surface area contributed by atoms with E-state index >= 15 is 0 Å². The number of amides is 3. The number of hydrazine groups is 1. The summed E-state index contributed by atoms with van der Waals surface area (Å²) in [5.41, 5.74) is 6.56. The molecule has 0 saturated carbocycles. The van der Waals surface area contributed by atoms with Gasteiger partial charge >= 0.3 is 0 Å². The number of carbonyl (C=O) groups is 3. The molecule has 1 saturated heterocycles.